The number of halogens is 1. The van der Waals surface area contributed by atoms with Crippen LogP contribution in [-0.2, 0) is 13.0 Å². The van der Waals surface area contributed by atoms with E-state index in [1.807, 2.05) is 19.1 Å². The summed E-state index contributed by atoms with van der Waals surface area (Å²) >= 11 is 0. The number of pyridine rings is 1. The van der Waals surface area contributed by atoms with Crippen molar-refractivity contribution in [1.29, 1.82) is 0 Å². The number of hydrogen-bond acceptors (Lipinski definition) is 3. The second-order valence-corrected chi connectivity index (χ2v) is 4.38. The molecule has 1 aromatic carbocycles. The van der Waals surface area contributed by atoms with Crippen LogP contribution in [0.4, 0.5) is 10.1 Å². The Hall–Kier alpha value is -2.43. The summed E-state index contributed by atoms with van der Waals surface area (Å²) in [7, 11) is 0. The first kappa shape index (κ1) is 14.0. The number of benzene rings is 1. The van der Waals surface area contributed by atoms with Crippen molar-refractivity contribution in [3.63, 3.8) is 0 Å². The third-order valence-corrected chi connectivity index (χ3v) is 3.02. The molecule has 1 heterocycles. The second-order valence-electron chi connectivity index (χ2n) is 4.38. The molecule has 0 aliphatic carbocycles. The van der Waals surface area contributed by atoms with Crippen LogP contribution in [0.1, 0.15) is 28.5 Å². The van der Waals surface area contributed by atoms with E-state index in [1.54, 1.807) is 6.20 Å². The van der Waals surface area contributed by atoms with E-state index in [0.717, 1.165) is 17.7 Å². The number of rotatable bonds is 4. The number of aromatic nitrogens is 1. The summed E-state index contributed by atoms with van der Waals surface area (Å²) < 4.78 is 13.6. The van der Waals surface area contributed by atoms with Crippen LogP contribution < -0.4 is 11.1 Å². The van der Waals surface area contributed by atoms with Gasteiger partial charge < -0.3 is 11.1 Å². The molecule has 1 aromatic heterocycles. The highest BCUT2D eigenvalue weighted by Gasteiger charge is 2.12. The molecule has 2 aromatic rings. The highest BCUT2D eigenvalue weighted by atomic mass is 19.1. The summed E-state index contributed by atoms with van der Waals surface area (Å²) in [6.07, 6.45) is 2.49. The number of nitrogens with zero attached hydrogens (tertiary/aromatic N) is 1. The normalized spacial score (nSPS) is 10.3. The van der Waals surface area contributed by atoms with Crippen molar-refractivity contribution in [2.75, 3.05) is 5.73 Å². The van der Waals surface area contributed by atoms with Gasteiger partial charge in [-0.3, -0.25) is 9.78 Å². The van der Waals surface area contributed by atoms with Crippen molar-refractivity contribution in [2.24, 2.45) is 0 Å². The lowest BCUT2D eigenvalue weighted by molar-refractivity contribution is 0.0946. The van der Waals surface area contributed by atoms with E-state index in [2.05, 4.69) is 10.3 Å². The van der Waals surface area contributed by atoms with Crippen LogP contribution in [0.25, 0.3) is 0 Å². The van der Waals surface area contributed by atoms with E-state index in [9.17, 15) is 9.18 Å². The summed E-state index contributed by atoms with van der Waals surface area (Å²) in [5, 5.41) is 2.66. The third-order valence-electron chi connectivity index (χ3n) is 3.02. The number of hydrogen-bond donors (Lipinski definition) is 2. The van der Waals surface area contributed by atoms with Crippen molar-refractivity contribution >= 4 is 11.6 Å². The van der Waals surface area contributed by atoms with Gasteiger partial charge in [0.25, 0.3) is 5.91 Å². The largest absolute Gasteiger partial charge is 0.399 e. The fraction of sp³-hybridized carbons (Fsp3) is 0.200. The lowest BCUT2D eigenvalue weighted by Crippen LogP contribution is -2.25. The molecule has 0 saturated heterocycles. The Morgan fingerprint density at radius 1 is 1.40 bits per heavy atom. The van der Waals surface area contributed by atoms with Gasteiger partial charge in [0.2, 0.25) is 0 Å². The topological polar surface area (TPSA) is 68.0 Å². The Labute approximate surface area is 116 Å². The lowest BCUT2D eigenvalue weighted by Gasteiger charge is -2.09. The zero-order valence-electron chi connectivity index (χ0n) is 11.2. The average molecular weight is 273 g/mol. The molecule has 104 valence electrons. The monoisotopic (exact) mass is 273 g/mol. The van der Waals surface area contributed by atoms with Crippen LogP contribution in [0, 0.1) is 5.82 Å². The number of nitrogens with one attached hydrogen (secondary N) is 1. The minimum Gasteiger partial charge on any atom is -0.399 e. The summed E-state index contributed by atoms with van der Waals surface area (Å²) in [6.45, 7) is 2.27. The van der Waals surface area contributed by atoms with Gasteiger partial charge in [0.05, 0.1) is 17.8 Å². The Balaban J connectivity index is 2.11. The predicted octanol–water partition coefficient (Wildman–Crippen LogP) is 2.30. The Bertz CT molecular complexity index is 628. The number of anilines is 1. The molecular weight excluding hydrogens is 257 g/mol. The second kappa shape index (κ2) is 6.14. The van der Waals surface area contributed by atoms with Crippen LogP contribution in [-0.4, -0.2) is 10.9 Å². The summed E-state index contributed by atoms with van der Waals surface area (Å²) in [5.74, 6) is -1.09. The van der Waals surface area contributed by atoms with Gasteiger partial charge in [-0.15, -0.1) is 0 Å². The molecule has 0 fully saturated rings. The zero-order valence-corrected chi connectivity index (χ0v) is 11.2. The van der Waals surface area contributed by atoms with Crippen LogP contribution in [0.3, 0.4) is 0 Å². The molecule has 0 unspecified atom stereocenters. The summed E-state index contributed by atoms with van der Waals surface area (Å²) in [4.78, 5) is 16.2. The number of carbonyl (C=O) groups is 1. The molecule has 3 N–H and O–H groups in total. The van der Waals surface area contributed by atoms with E-state index in [1.165, 1.54) is 18.2 Å². The van der Waals surface area contributed by atoms with E-state index in [0.29, 0.717) is 5.69 Å². The van der Waals surface area contributed by atoms with Crippen molar-refractivity contribution in [2.45, 2.75) is 19.9 Å². The van der Waals surface area contributed by atoms with Crippen molar-refractivity contribution in [3.05, 3.63) is 59.2 Å². The maximum atomic E-state index is 13.6. The summed E-state index contributed by atoms with van der Waals surface area (Å²) in [5.41, 5.74) is 7.69. The fourth-order valence-corrected chi connectivity index (χ4v) is 1.93. The van der Waals surface area contributed by atoms with Gasteiger partial charge in [-0.05, 0) is 36.2 Å². The third kappa shape index (κ3) is 3.12. The Kier molecular flexibility index (Phi) is 4.30. The van der Waals surface area contributed by atoms with E-state index in [4.69, 9.17) is 5.73 Å². The molecular formula is C15H16FN3O. The molecule has 0 aliphatic rings. The van der Waals surface area contributed by atoms with E-state index < -0.39 is 11.7 Å². The molecule has 0 radical (unpaired) electrons. The molecule has 0 aliphatic heterocycles. The minimum atomic E-state index is -0.589. The quantitative estimate of drug-likeness (QED) is 0.840. The number of amides is 1. The van der Waals surface area contributed by atoms with E-state index in [-0.39, 0.29) is 12.1 Å². The molecule has 20 heavy (non-hydrogen) atoms. The standard InChI is InChI=1S/C15H16FN3O/c1-2-10-4-3-7-18-14(10)9-19-15(20)12-8-11(17)5-6-13(12)16/h3-8H,2,9,17H2,1H3,(H,19,20). The van der Waals surface area contributed by atoms with Crippen LogP contribution in [0.15, 0.2) is 36.5 Å². The highest BCUT2D eigenvalue weighted by molar-refractivity contribution is 5.95. The average Bonchev–Trinajstić information content (AvgIpc) is 2.47. The molecule has 4 nitrogen and oxygen atoms in total. The molecule has 0 saturated carbocycles. The number of nitrogens with two attached hydrogens (primary N) is 1. The SMILES string of the molecule is CCc1cccnc1CNC(=O)c1cc(N)ccc1F. The maximum absolute atomic E-state index is 13.6. The number of carbonyl (C=O) groups excluding carboxylic acids is 1. The molecule has 2 rings (SSSR count). The zero-order chi connectivity index (χ0) is 14.5. The minimum absolute atomic E-state index is 0.0565. The molecule has 5 heteroatoms. The Morgan fingerprint density at radius 2 is 2.20 bits per heavy atom. The molecule has 0 bridgehead atoms. The smallest absolute Gasteiger partial charge is 0.254 e. The van der Waals surface area contributed by atoms with Crippen LogP contribution in [0.5, 0.6) is 0 Å². The lowest BCUT2D eigenvalue weighted by atomic mass is 10.1. The van der Waals surface area contributed by atoms with Gasteiger partial charge in [-0.25, -0.2) is 4.39 Å². The molecule has 1 amide bonds. The van der Waals surface area contributed by atoms with Gasteiger partial charge in [-0.2, -0.15) is 0 Å². The Morgan fingerprint density at radius 3 is 2.95 bits per heavy atom. The first-order chi connectivity index (χ1) is 9.61. The van der Waals surface area contributed by atoms with Crippen LogP contribution >= 0.6 is 0 Å². The highest BCUT2D eigenvalue weighted by Crippen LogP contribution is 2.12. The van der Waals surface area contributed by atoms with Gasteiger partial charge >= 0.3 is 0 Å². The first-order valence-electron chi connectivity index (χ1n) is 6.37. The number of nitrogen functional groups attached to an aromatic ring is 1. The maximum Gasteiger partial charge on any atom is 0.254 e. The first-order valence-corrected chi connectivity index (χ1v) is 6.37. The van der Waals surface area contributed by atoms with Gasteiger partial charge in [0.15, 0.2) is 0 Å². The van der Waals surface area contributed by atoms with Gasteiger partial charge in [0, 0.05) is 11.9 Å². The van der Waals surface area contributed by atoms with Crippen molar-refractivity contribution in [1.82, 2.24) is 10.3 Å². The molecule has 0 atom stereocenters. The van der Waals surface area contributed by atoms with Crippen molar-refractivity contribution in [3.8, 4) is 0 Å². The number of aryl methyl sites for hydroxylation is 1. The van der Waals surface area contributed by atoms with Crippen molar-refractivity contribution < 1.29 is 9.18 Å². The van der Waals surface area contributed by atoms with Gasteiger partial charge in [0.1, 0.15) is 5.82 Å². The van der Waals surface area contributed by atoms with Gasteiger partial charge in [-0.1, -0.05) is 13.0 Å². The molecule has 0 spiro atoms. The van der Waals surface area contributed by atoms with Crippen LogP contribution in [0.2, 0.25) is 0 Å². The fourth-order valence-electron chi connectivity index (χ4n) is 1.93. The summed E-state index contributed by atoms with van der Waals surface area (Å²) in [6, 6.07) is 7.73. The van der Waals surface area contributed by atoms with E-state index >= 15 is 0 Å². The predicted molar refractivity (Wildman–Crippen MR) is 75.6 cm³/mol.